The average Bonchev–Trinajstić information content (AvgIpc) is 2.86. The molecular formula is C10H8ClN5O3S. The molecule has 0 fully saturated rings. The minimum atomic E-state index is -0.648. The first kappa shape index (κ1) is 14.3. The van der Waals surface area contributed by atoms with Crippen molar-refractivity contribution >= 4 is 40.5 Å². The van der Waals surface area contributed by atoms with Crippen molar-refractivity contribution < 1.29 is 9.72 Å². The van der Waals surface area contributed by atoms with Crippen molar-refractivity contribution in [1.82, 2.24) is 14.6 Å². The lowest BCUT2D eigenvalue weighted by Crippen LogP contribution is -2.14. The Morgan fingerprint density at radius 1 is 1.55 bits per heavy atom. The summed E-state index contributed by atoms with van der Waals surface area (Å²) in [6.07, 6.45) is 0.532. The molecule has 2 heterocycles. The van der Waals surface area contributed by atoms with Crippen LogP contribution in [0.4, 0.5) is 11.5 Å². The van der Waals surface area contributed by atoms with E-state index in [-0.39, 0.29) is 16.7 Å². The lowest BCUT2D eigenvalue weighted by Gasteiger charge is -2.04. The SMILES string of the molecule is CCc1nnsc1C(=O)Nc1nc(Cl)ccc1[N+](=O)[O-]. The minimum Gasteiger partial charge on any atom is -0.300 e. The Kier molecular flexibility index (Phi) is 4.20. The van der Waals surface area contributed by atoms with Gasteiger partial charge in [-0.2, -0.15) is 0 Å². The third kappa shape index (κ3) is 2.89. The van der Waals surface area contributed by atoms with Crippen LogP contribution in [0.2, 0.25) is 5.15 Å². The lowest BCUT2D eigenvalue weighted by molar-refractivity contribution is -0.384. The van der Waals surface area contributed by atoms with Crippen LogP contribution in [0.5, 0.6) is 0 Å². The number of aryl methyl sites for hydroxylation is 1. The van der Waals surface area contributed by atoms with Gasteiger partial charge >= 0.3 is 5.69 Å². The normalized spacial score (nSPS) is 10.3. The van der Waals surface area contributed by atoms with Gasteiger partial charge in [-0.25, -0.2) is 4.98 Å². The molecule has 0 radical (unpaired) electrons. The summed E-state index contributed by atoms with van der Waals surface area (Å²) in [6, 6.07) is 2.46. The van der Waals surface area contributed by atoms with Crippen LogP contribution < -0.4 is 5.32 Å². The molecule has 104 valence electrons. The van der Waals surface area contributed by atoms with Crippen LogP contribution in [0.15, 0.2) is 12.1 Å². The Morgan fingerprint density at radius 2 is 2.30 bits per heavy atom. The van der Waals surface area contributed by atoms with E-state index in [2.05, 4.69) is 19.9 Å². The Hall–Kier alpha value is -2.13. The number of amides is 1. The van der Waals surface area contributed by atoms with Crippen LogP contribution in [-0.4, -0.2) is 25.4 Å². The largest absolute Gasteiger partial charge is 0.311 e. The molecule has 8 nitrogen and oxygen atoms in total. The van der Waals surface area contributed by atoms with Gasteiger partial charge in [-0.15, -0.1) is 5.10 Å². The molecule has 0 bridgehead atoms. The number of hydrogen-bond donors (Lipinski definition) is 1. The highest BCUT2D eigenvalue weighted by molar-refractivity contribution is 7.08. The number of nitro groups is 1. The number of pyridine rings is 1. The highest BCUT2D eigenvalue weighted by Crippen LogP contribution is 2.25. The first-order valence-corrected chi connectivity index (χ1v) is 6.61. The Labute approximate surface area is 122 Å². The van der Waals surface area contributed by atoms with Gasteiger partial charge in [0.1, 0.15) is 10.0 Å². The highest BCUT2D eigenvalue weighted by atomic mass is 35.5. The van der Waals surface area contributed by atoms with E-state index in [9.17, 15) is 14.9 Å². The predicted octanol–water partition coefficient (Wildman–Crippen LogP) is 2.31. The number of hydrogen-bond acceptors (Lipinski definition) is 7. The van der Waals surface area contributed by atoms with Crippen molar-refractivity contribution in [2.45, 2.75) is 13.3 Å². The van der Waals surface area contributed by atoms with E-state index in [0.29, 0.717) is 17.0 Å². The average molecular weight is 314 g/mol. The van der Waals surface area contributed by atoms with Crippen molar-refractivity contribution in [2.75, 3.05) is 5.32 Å². The summed E-state index contributed by atoms with van der Waals surface area (Å²) in [5.74, 6) is -0.752. The number of carbonyl (C=O) groups is 1. The number of carbonyl (C=O) groups excluding carboxylic acids is 1. The molecule has 2 aromatic heterocycles. The Bertz CT molecular complexity index is 675. The van der Waals surface area contributed by atoms with Crippen LogP contribution in [0.25, 0.3) is 0 Å². The number of anilines is 1. The standard InChI is InChI=1S/C10H8ClN5O3S/c1-2-5-8(20-15-14-5)10(17)13-9-6(16(18)19)3-4-7(11)12-9/h3-4H,2H2,1H3,(H,12,13,17). The maximum Gasteiger partial charge on any atom is 0.311 e. The summed E-state index contributed by atoms with van der Waals surface area (Å²) in [6.45, 7) is 1.83. The summed E-state index contributed by atoms with van der Waals surface area (Å²) in [7, 11) is 0. The molecule has 0 atom stereocenters. The van der Waals surface area contributed by atoms with Crippen LogP contribution in [0.1, 0.15) is 22.3 Å². The van der Waals surface area contributed by atoms with Gasteiger partial charge in [0.05, 0.1) is 10.6 Å². The number of halogens is 1. The van der Waals surface area contributed by atoms with Gasteiger partial charge in [-0.1, -0.05) is 23.0 Å². The van der Waals surface area contributed by atoms with E-state index < -0.39 is 10.8 Å². The lowest BCUT2D eigenvalue weighted by atomic mass is 10.3. The van der Waals surface area contributed by atoms with Crippen molar-refractivity contribution in [3.63, 3.8) is 0 Å². The molecule has 0 saturated heterocycles. The maximum absolute atomic E-state index is 12.1. The van der Waals surface area contributed by atoms with E-state index >= 15 is 0 Å². The van der Waals surface area contributed by atoms with Crippen LogP contribution in [-0.2, 0) is 6.42 Å². The first-order chi connectivity index (χ1) is 9.52. The number of rotatable bonds is 4. The smallest absolute Gasteiger partial charge is 0.300 e. The fourth-order valence-corrected chi connectivity index (χ4v) is 2.24. The fourth-order valence-electron chi connectivity index (χ4n) is 1.44. The molecule has 0 aromatic carbocycles. The monoisotopic (exact) mass is 313 g/mol. The number of nitrogens with zero attached hydrogens (tertiary/aromatic N) is 4. The second kappa shape index (κ2) is 5.88. The van der Waals surface area contributed by atoms with Gasteiger partial charge < -0.3 is 0 Å². The van der Waals surface area contributed by atoms with Gasteiger partial charge in [0.15, 0.2) is 0 Å². The quantitative estimate of drug-likeness (QED) is 0.526. The summed E-state index contributed by atoms with van der Waals surface area (Å²) in [5.41, 5.74) is 0.190. The van der Waals surface area contributed by atoms with E-state index in [1.165, 1.54) is 12.1 Å². The van der Waals surface area contributed by atoms with E-state index in [4.69, 9.17) is 11.6 Å². The first-order valence-electron chi connectivity index (χ1n) is 5.46. The topological polar surface area (TPSA) is 111 Å². The van der Waals surface area contributed by atoms with E-state index in [1.807, 2.05) is 6.92 Å². The molecule has 0 unspecified atom stereocenters. The molecular weight excluding hydrogens is 306 g/mol. The Balaban J connectivity index is 2.32. The van der Waals surface area contributed by atoms with Crippen LogP contribution >= 0.6 is 23.1 Å². The van der Waals surface area contributed by atoms with Gasteiger partial charge in [0, 0.05) is 6.07 Å². The van der Waals surface area contributed by atoms with E-state index in [1.54, 1.807) is 0 Å². The number of aromatic nitrogens is 3. The molecule has 0 spiro atoms. The summed E-state index contributed by atoms with van der Waals surface area (Å²) >= 11 is 6.60. The van der Waals surface area contributed by atoms with Crippen molar-refractivity contribution in [1.29, 1.82) is 0 Å². The molecule has 2 aromatic rings. The summed E-state index contributed by atoms with van der Waals surface area (Å²) in [4.78, 5) is 26.3. The fraction of sp³-hybridized carbons (Fsp3) is 0.200. The van der Waals surface area contributed by atoms with Crippen LogP contribution in [0.3, 0.4) is 0 Å². The zero-order valence-electron chi connectivity index (χ0n) is 10.2. The molecule has 10 heteroatoms. The molecule has 0 aliphatic carbocycles. The molecule has 0 aliphatic heterocycles. The van der Waals surface area contributed by atoms with E-state index in [0.717, 1.165) is 11.5 Å². The third-order valence-corrected chi connectivity index (χ3v) is 3.34. The second-order valence-electron chi connectivity index (χ2n) is 3.62. The van der Waals surface area contributed by atoms with Gasteiger partial charge in [-0.05, 0) is 24.0 Å². The second-order valence-corrected chi connectivity index (χ2v) is 4.76. The zero-order valence-corrected chi connectivity index (χ0v) is 11.7. The van der Waals surface area contributed by atoms with Gasteiger partial charge in [0.2, 0.25) is 5.82 Å². The maximum atomic E-state index is 12.1. The molecule has 1 amide bonds. The van der Waals surface area contributed by atoms with Crippen molar-refractivity contribution in [3.05, 3.63) is 38.0 Å². The van der Waals surface area contributed by atoms with Crippen molar-refractivity contribution in [2.24, 2.45) is 0 Å². The predicted molar refractivity (Wildman–Crippen MR) is 73.1 cm³/mol. The third-order valence-electron chi connectivity index (χ3n) is 2.37. The Morgan fingerprint density at radius 3 is 2.95 bits per heavy atom. The summed E-state index contributed by atoms with van der Waals surface area (Å²) in [5, 5.41) is 17.1. The molecule has 0 aliphatic rings. The molecule has 20 heavy (non-hydrogen) atoms. The molecule has 2 rings (SSSR count). The van der Waals surface area contributed by atoms with Gasteiger partial charge in [0.25, 0.3) is 5.91 Å². The molecule has 1 N–H and O–H groups in total. The van der Waals surface area contributed by atoms with Crippen molar-refractivity contribution in [3.8, 4) is 0 Å². The minimum absolute atomic E-state index is 0.0454. The number of nitrogens with one attached hydrogen (secondary N) is 1. The van der Waals surface area contributed by atoms with Gasteiger partial charge in [-0.3, -0.25) is 20.2 Å². The zero-order chi connectivity index (χ0) is 14.7. The van der Waals surface area contributed by atoms with Crippen LogP contribution in [0, 0.1) is 10.1 Å². The highest BCUT2D eigenvalue weighted by Gasteiger charge is 2.21. The summed E-state index contributed by atoms with van der Waals surface area (Å²) < 4.78 is 3.68. The molecule has 0 saturated carbocycles.